The molecule has 1 spiro atoms. The van der Waals surface area contributed by atoms with Gasteiger partial charge in [-0.25, -0.2) is 0 Å². The molecule has 202 valence electrons. The van der Waals surface area contributed by atoms with E-state index < -0.39 is 12.2 Å². The van der Waals surface area contributed by atoms with Crippen LogP contribution in [-0.4, -0.2) is 59.6 Å². The molecule has 1 amide bonds. The van der Waals surface area contributed by atoms with Gasteiger partial charge >= 0.3 is 5.97 Å². The van der Waals surface area contributed by atoms with E-state index in [1.807, 2.05) is 6.92 Å². The van der Waals surface area contributed by atoms with Gasteiger partial charge in [-0.2, -0.15) is 0 Å². The number of nitrogens with one attached hydrogen (secondary N) is 1. The van der Waals surface area contributed by atoms with E-state index in [4.69, 9.17) is 14.2 Å². The number of hydrogen-bond donors (Lipinski definition) is 2. The summed E-state index contributed by atoms with van der Waals surface area (Å²) in [6.45, 7) is 14.5. The molecular weight excluding hydrogens is 458 g/mol. The number of aliphatic hydroxyl groups is 1. The van der Waals surface area contributed by atoms with Crippen LogP contribution < -0.4 is 5.32 Å². The van der Waals surface area contributed by atoms with E-state index in [0.29, 0.717) is 6.61 Å². The van der Waals surface area contributed by atoms with Crippen LogP contribution in [-0.2, 0) is 23.8 Å². The first-order chi connectivity index (χ1) is 16.8. The van der Waals surface area contributed by atoms with E-state index in [0.717, 1.165) is 31.3 Å². The standard InChI is InChI=1S/C29H45NO6/c1-18(8-11-23-15-28(6,7)16-29(17-34-29)27(23)33)9-12-25-19(2)14-24(21(4)36-25)30-26(32)13-10-20(3)35-22(5)31/h8-11,13,19-21,23-25,27,33H,12,14-17H2,1-7H3,(H,30,32). The Bertz CT molecular complexity index is 886. The highest BCUT2D eigenvalue weighted by molar-refractivity contribution is 5.87. The fraction of sp³-hybridized carbons (Fsp3) is 0.724. The highest BCUT2D eigenvalue weighted by Gasteiger charge is 2.59. The first-order valence-corrected chi connectivity index (χ1v) is 13.3. The quantitative estimate of drug-likeness (QED) is 0.222. The van der Waals surface area contributed by atoms with Crippen molar-refractivity contribution in [3.05, 3.63) is 36.0 Å². The largest absolute Gasteiger partial charge is 0.459 e. The van der Waals surface area contributed by atoms with Crippen molar-refractivity contribution in [2.75, 3.05) is 6.61 Å². The number of epoxide rings is 1. The van der Waals surface area contributed by atoms with Crippen molar-refractivity contribution in [1.29, 1.82) is 0 Å². The first-order valence-electron chi connectivity index (χ1n) is 13.3. The number of esters is 1. The van der Waals surface area contributed by atoms with Crippen LogP contribution >= 0.6 is 0 Å². The van der Waals surface area contributed by atoms with Crippen molar-refractivity contribution in [2.45, 2.75) is 110 Å². The molecule has 3 fully saturated rings. The smallest absolute Gasteiger partial charge is 0.303 e. The van der Waals surface area contributed by atoms with Gasteiger partial charge < -0.3 is 24.6 Å². The number of allylic oxidation sites excluding steroid dienone is 2. The molecule has 8 atom stereocenters. The van der Waals surface area contributed by atoms with Gasteiger partial charge in [0.2, 0.25) is 5.91 Å². The van der Waals surface area contributed by atoms with Gasteiger partial charge in [-0.3, -0.25) is 9.59 Å². The third-order valence-electron chi connectivity index (χ3n) is 7.72. The number of carbonyl (C=O) groups is 2. The third-order valence-corrected chi connectivity index (χ3v) is 7.72. The molecule has 3 aliphatic rings. The summed E-state index contributed by atoms with van der Waals surface area (Å²) in [4.78, 5) is 23.3. The molecule has 7 heteroatoms. The second-order valence-electron chi connectivity index (χ2n) is 11.9. The van der Waals surface area contributed by atoms with E-state index in [9.17, 15) is 14.7 Å². The molecule has 3 rings (SSSR count). The maximum atomic E-state index is 12.3. The van der Waals surface area contributed by atoms with Gasteiger partial charge in [0, 0.05) is 18.9 Å². The zero-order valence-corrected chi connectivity index (χ0v) is 23.0. The molecule has 2 N–H and O–H groups in total. The van der Waals surface area contributed by atoms with Crippen LogP contribution in [0.25, 0.3) is 0 Å². The minimum absolute atomic E-state index is 0.0736. The fourth-order valence-corrected chi connectivity index (χ4v) is 5.78. The molecule has 0 radical (unpaired) electrons. The highest BCUT2D eigenvalue weighted by atomic mass is 16.6. The van der Waals surface area contributed by atoms with Crippen LogP contribution in [0.2, 0.25) is 0 Å². The lowest BCUT2D eigenvalue weighted by atomic mass is 9.65. The number of carbonyl (C=O) groups excluding carboxylic acids is 2. The summed E-state index contributed by atoms with van der Waals surface area (Å²) in [7, 11) is 0. The fourth-order valence-electron chi connectivity index (χ4n) is 5.78. The Morgan fingerprint density at radius 3 is 2.56 bits per heavy atom. The summed E-state index contributed by atoms with van der Waals surface area (Å²) in [6, 6.07) is -0.0736. The van der Waals surface area contributed by atoms with Crippen molar-refractivity contribution in [2.24, 2.45) is 17.3 Å². The van der Waals surface area contributed by atoms with Crippen LogP contribution in [0, 0.1) is 17.3 Å². The van der Waals surface area contributed by atoms with Crippen molar-refractivity contribution in [3.8, 4) is 0 Å². The van der Waals surface area contributed by atoms with Crippen LogP contribution in [0.1, 0.15) is 74.1 Å². The van der Waals surface area contributed by atoms with Gasteiger partial charge in [0.05, 0.1) is 31.0 Å². The summed E-state index contributed by atoms with van der Waals surface area (Å²) >= 11 is 0. The molecular formula is C29H45NO6. The molecule has 0 aromatic carbocycles. The molecule has 1 saturated carbocycles. The predicted molar refractivity (Wildman–Crippen MR) is 139 cm³/mol. The van der Waals surface area contributed by atoms with Gasteiger partial charge in [0.25, 0.3) is 0 Å². The van der Waals surface area contributed by atoms with E-state index in [-0.39, 0.29) is 53.0 Å². The molecule has 0 bridgehead atoms. The Morgan fingerprint density at radius 2 is 1.92 bits per heavy atom. The maximum Gasteiger partial charge on any atom is 0.303 e. The Balaban J connectivity index is 1.49. The zero-order chi connectivity index (χ0) is 26.7. The SMILES string of the molecule is CC(=O)OC(C)C=CC(=O)NC1CC(C)C(CC=C(C)C=CC2CC(C)(C)CC3(CO3)C2O)OC1C. The molecule has 2 heterocycles. The summed E-state index contributed by atoms with van der Waals surface area (Å²) in [5.41, 5.74) is 0.979. The Kier molecular flexibility index (Phi) is 9.23. The van der Waals surface area contributed by atoms with Crippen molar-refractivity contribution < 1.29 is 28.9 Å². The van der Waals surface area contributed by atoms with Gasteiger partial charge in [0.15, 0.2) is 0 Å². The van der Waals surface area contributed by atoms with Gasteiger partial charge in [-0.1, -0.05) is 44.6 Å². The maximum absolute atomic E-state index is 12.3. The summed E-state index contributed by atoms with van der Waals surface area (Å²) in [5.74, 6) is -0.207. The summed E-state index contributed by atoms with van der Waals surface area (Å²) in [6.07, 6.45) is 12.0. The van der Waals surface area contributed by atoms with E-state index in [1.165, 1.54) is 13.0 Å². The number of hydrogen-bond acceptors (Lipinski definition) is 6. The Labute approximate surface area is 216 Å². The van der Waals surface area contributed by atoms with E-state index >= 15 is 0 Å². The number of ether oxygens (including phenoxy) is 3. The normalized spacial score (nSPS) is 37.3. The molecule has 2 saturated heterocycles. The van der Waals surface area contributed by atoms with Crippen molar-refractivity contribution in [1.82, 2.24) is 5.32 Å². The zero-order valence-electron chi connectivity index (χ0n) is 23.0. The van der Waals surface area contributed by atoms with E-state index in [2.05, 4.69) is 51.2 Å². The van der Waals surface area contributed by atoms with Gasteiger partial charge in [-0.05, 0) is 63.9 Å². The second kappa shape index (κ2) is 11.6. The lowest BCUT2D eigenvalue weighted by Crippen LogP contribution is -2.50. The van der Waals surface area contributed by atoms with Crippen LogP contribution in [0.5, 0.6) is 0 Å². The minimum atomic E-state index is -0.448. The molecule has 0 aromatic rings. The van der Waals surface area contributed by atoms with E-state index in [1.54, 1.807) is 13.0 Å². The summed E-state index contributed by atoms with van der Waals surface area (Å²) in [5, 5.41) is 13.8. The molecule has 2 aliphatic heterocycles. The van der Waals surface area contributed by atoms with Gasteiger partial charge in [0.1, 0.15) is 11.7 Å². The van der Waals surface area contributed by atoms with Crippen LogP contribution in [0.4, 0.5) is 0 Å². The number of amides is 1. The predicted octanol–water partition coefficient (Wildman–Crippen LogP) is 4.25. The average molecular weight is 504 g/mol. The van der Waals surface area contributed by atoms with Crippen molar-refractivity contribution >= 4 is 11.9 Å². The van der Waals surface area contributed by atoms with Crippen LogP contribution in [0.15, 0.2) is 36.0 Å². The summed E-state index contributed by atoms with van der Waals surface area (Å²) < 4.78 is 17.0. The van der Waals surface area contributed by atoms with Crippen molar-refractivity contribution in [3.63, 3.8) is 0 Å². The molecule has 0 aromatic heterocycles. The number of rotatable bonds is 8. The minimum Gasteiger partial charge on any atom is -0.459 e. The topological polar surface area (TPSA) is 97.4 Å². The molecule has 7 nitrogen and oxygen atoms in total. The van der Waals surface area contributed by atoms with Crippen LogP contribution in [0.3, 0.4) is 0 Å². The lowest BCUT2D eigenvalue weighted by molar-refractivity contribution is -0.143. The third kappa shape index (κ3) is 7.77. The monoisotopic (exact) mass is 503 g/mol. The first kappa shape index (κ1) is 28.6. The molecule has 8 unspecified atom stereocenters. The Hall–Kier alpha value is -1.96. The molecule has 1 aliphatic carbocycles. The Morgan fingerprint density at radius 1 is 1.22 bits per heavy atom. The number of aliphatic hydroxyl groups excluding tert-OH is 1. The highest BCUT2D eigenvalue weighted by Crippen LogP contribution is 2.52. The average Bonchev–Trinajstić information content (AvgIpc) is 3.54. The lowest BCUT2D eigenvalue weighted by Gasteiger charge is -2.41. The second-order valence-corrected chi connectivity index (χ2v) is 11.9. The molecule has 36 heavy (non-hydrogen) atoms. The van der Waals surface area contributed by atoms with Gasteiger partial charge in [-0.15, -0.1) is 0 Å².